The van der Waals surface area contributed by atoms with Crippen molar-refractivity contribution in [3.8, 4) is 0 Å². The monoisotopic (exact) mass is 791 g/mol. The van der Waals surface area contributed by atoms with E-state index < -0.39 is 83.9 Å². The molecule has 13 nitrogen and oxygen atoms in total. The highest BCUT2D eigenvalue weighted by atomic mass is 16.7. The summed E-state index contributed by atoms with van der Waals surface area (Å²) in [5, 5.41) is 34.1. The second-order valence-electron chi connectivity index (χ2n) is 17.2. The molecule has 4 rings (SSSR count). The van der Waals surface area contributed by atoms with E-state index in [-0.39, 0.29) is 49.5 Å². The van der Waals surface area contributed by atoms with E-state index in [1.807, 2.05) is 32.9 Å². The molecule has 3 fully saturated rings. The Morgan fingerprint density at radius 1 is 0.911 bits per heavy atom. The molecule has 13 heteroatoms. The third kappa shape index (κ3) is 10.7. The summed E-state index contributed by atoms with van der Waals surface area (Å²) in [6, 6.07) is -1.13. The Hall–Kier alpha value is -2.52. The number of hydrogen-bond donors (Lipinski definition) is 3. The third-order valence-corrected chi connectivity index (χ3v) is 12.9. The molecule has 2 saturated heterocycles. The SMILES string of the molecule is CC[C@@H]1/C=C(\C)C[C@H](C)C[C@H](OC)[C@H]2O[C@@](O)(C(=O)C(=O)N3CCCC[C@@H]3C(=O)O[C@H](/C(C)=C/[C@@H]3CC[C@H](O)[C@H](OC)C3)[C@H](C)[C@H](O)CC1=O)[C@H](C)C[C@H]2OC. The fourth-order valence-corrected chi connectivity index (χ4v) is 9.39. The maximum Gasteiger partial charge on any atom is 0.329 e. The van der Waals surface area contributed by atoms with Gasteiger partial charge in [0.25, 0.3) is 11.7 Å². The van der Waals surface area contributed by atoms with Crippen LogP contribution < -0.4 is 0 Å². The Morgan fingerprint density at radius 3 is 2.21 bits per heavy atom. The molecule has 1 saturated carbocycles. The van der Waals surface area contributed by atoms with Crippen LogP contribution in [-0.4, -0.2) is 126 Å². The average Bonchev–Trinajstić information content (AvgIpc) is 3.18. The second-order valence-corrected chi connectivity index (χ2v) is 17.2. The molecule has 14 atom stereocenters. The predicted octanol–water partition coefficient (Wildman–Crippen LogP) is 4.47. The largest absolute Gasteiger partial charge is 0.456 e. The van der Waals surface area contributed by atoms with Crippen molar-refractivity contribution in [2.24, 2.45) is 29.6 Å². The Bertz CT molecular complexity index is 1430. The quantitative estimate of drug-likeness (QED) is 0.196. The zero-order valence-electron chi connectivity index (χ0n) is 35.1. The summed E-state index contributed by atoms with van der Waals surface area (Å²) >= 11 is 0. The summed E-state index contributed by atoms with van der Waals surface area (Å²) in [7, 11) is 4.63. The Morgan fingerprint density at radius 2 is 1.57 bits per heavy atom. The van der Waals surface area contributed by atoms with Crippen LogP contribution >= 0.6 is 0 Å². The highest BCUT2D eigenvalue weighted by Crippen LogP contribution is 2.39. The normalized spacial score (nSPS) is 41.6. The number of Topliss-reactive ketones (excluding diaryl/α,β-unsaturated/α-hetero) is 2. The van der Waals surface area contributed by atoms with Crippen molar-refractivity contribution in [3.63, 3.8) is 0 Å². The lowest BCUT2D eigenvalue weighted by Crippen LogP contribution is -2.64. The molecule has 3 aliphatic heterocycles. The molecular weight excluding hydrogens is 722 g/mol. The van der Waals surface area contributed by atoms with Gasteiger partial charge in [-0.3, -0.25) is 14.4 Å². The number of piperidine rings is 1. The number of esters is 1. The Labute approximate surface area is 333 Å². The molecule has 3 N–H and O–H groups in total. The number of rotatable bonds is 6. The number of nitrogens with zero attached hydrogens (tertiary/aromatic N) is 1. The Kier molecular flexibility index (Phi) is 16.9. The van der Waals surface area contributed by atoms with Crippen molar-refractivity contribution in [2.45, 2.75) is 167 Å². The molecule has 1 aliphatic carbocycles. The number of ketones is 2. The summed E-state index contributed by atoms with van der Waals surface area (Å²) in [6.45, 7) is 11.3. The first-order valence-corrected chi connectivity index (χ1v) is 20.8. The molecule has 0 aromatic carbocycles. The molecule has 3 heterocycles. The summed E-state index contributed by atoms with van der Waals surface area (Å²) in [4.78, 5) is 57.6. The van der Waals surface area contributed by atoms with Crippen molar-refractivity contribution in [1.29, 1.82) is 0 Å². The van der Waals surface area contributed by atoms with Gasteiger partial charge in [0.2, 0.25) is 5.79 Å². The fraction of sp³-hybridized carbons (Fsp3) is 0.814. The summed E-state index contributed by atoms with van der Waals surface area (Å²) in [5.74, 6) is -7.50. The molecule has 0 aromatic heterocycles. The zero-order chi connectivity index (χ0) is 41.5. The highest BCUT2D eigenvalue weighted by molar-refractivity contribution is 6.39. The molecule has 0 unspecified atom stereocenters. The molecule has 56 heavy (non-hydrogen) atoms. The van der Waals surface area contributed by atoms with Crippen LogP contribution in [0, 0.1) is 29.6 Å². The first-order valence-electron chi connectivity index (χ1n) is 20.8. The number of aliphatic hydroxyl groups is 3. The molecule has 0 radical (unpaired) electrons. The second kappa shape index (κ2) is 20.4. The lowest BCUT2D eigenvalue weighted by atomic mass is 9.81. The van der Waals surface area contributed by atoms with E-state index in [1.54, 1.807) is 21.0 Å². The van der Waals surface area contributed by atoms with Gasteiger partial charge < -0.3 is 43.9 Å². The first-order chi connectivity index (χ1) is 26.5. The number of methoxy groups -OCH3 is 3. The molecule has 1 amide bonds. The third-order valence-electron chi connectivity index (χ3n) is 12.9. The van der Waals surface area contributed by atoms with Crippen molar-refractivity contribution >= 4 is 23.4 Å². The van der Waals surface area contributed by atoms with E-state index in [1.165, 1.54) is 19.1 Å². The van der Waals surface area contributed by atoms with Gasteiger partial charge in [-0.05, 0) is 95.5 Å². The number of carbonyl (C=O) groups excluding carboxylic acids is 4. The van der Waals surface area contributed by atoms with Crippen molar-refractivity contribution in [3.05, 3.63) is 23.3 Å². The number of hydrogen-bond acceptors (Lipinski definition) is 12. The number of fused-ring (bicyclic) bond motifs is 3. The first kappa shape index (κ1) is 46.2. The molecule has 2 bridgehead atoms. The fourth-order valence-electron chi connectivity index (χ4n) is 9.39. The van der Waals surface area contributed by atoms with Gasteiger partial charge in [0.15, 0.2) is 0 Å². The minimum atomic E-state index is -2.50. The zero-order valence-corrected chi connectivity index (χ0v) is 35.1. The summed E-state index contributed by atoms with van der Waals surface area (Å²) < 4.78 is 29.7. The van der Waals surface area contributed by atoms with Crippen LogP contribution in [0.3, 0.4) is 0 Å². The van der Waals surface area contributed by atoms with Crippen molar-refractivity contribution < 1.29 is 58.2 Å². The number of amides is 1. The minimum Gasteiger partial charge on any atom is -0.456 e. The maximum atomic E-state index is 14.3. The van der Waals surface area contributed by atoms with E-state index in [0.29, 0.717) is 56.9 Å². The smallest absolute Gasteiger partial charge is 0.329 e. The number of carbonyl (C=O) groups is 4. The number of ether oxygens (including phenoxy) is 5. The van der Waals surface area contributed by atoms with Gasteiger partial charge in [-0.2, -0.15) is 0 Å². The van der Waals surface area contributed by atoms with E-state index in [9.17, 15) is 34.5 Å². The van der Waals surface area contributed by atoms with Crippen LogP contribution in [0.2, 0.25) is 0 Å². The predicted molar refractivity (Wildman–Crippen MR) is 208 cm³/mol. The molecular formula is C43H69NO12. The van der Waals surface area contributed by atoms with Gasteiger partial charge in [-0.25, -0.2) is 4.79 Å². The number of allylic oxidation sites excluding steroid dienone is 3. The lowest BCUT2D eigenvalue weighted by Gasteiger charge is -2.47. The van der Waals surface area contributed by atoms with Crippen LogP contribution in [0.15, 0.2) is 23.3 Å². The van der Waals surface area contributed by atoms with Crippen LogP contribution in [-0.2, 0) is 42.9 Å². The minimum absolute atomic E-state index is 0.000914. The van der Waals surface area contributed by atoms with Gasteiger partial charge in [0.05, 0.1) is 30.5 Å². The van der Waals surface area contributed by atoms with E-state index >= 15 is 0 Å². The van der Waals surface area contributed by atoms with Gasteiger partial charge in [0.1, 0.15) is 24.0 Å². The average molecular weight is 792 g/mol. The molecule has 0 spiro atoms. The van der Waals surface area contributed by atoms with Gasteiger partial charge in [-0.1, -0.05) is 45.4 Å². The van der Waals surface area contributed by atoms with Crippen LogP contribution in [0.4, 0.5) is 0 Å². The van der Waals surface area contributed by atoms with E-state index in [2.05, 4.69) is 6.92 Å². The lowest BCUT2D eigenvalue weighted by molar-refractivity contribution is -0.302. The van der Waals surface area contributed by atoms with E-state index in [0.717, 1.165) is 5.57 Å². The van der Waals surface area contributed by atoms with Gasteiger partial charge >= 0.3 is 5.97 Å². The molecule has 318 valence electrons. The van der Waals surface area contributed by atoms with Gasteiger partial charge in [0, 0.05) is 52.0 Å². The highest BCUT2D eigenvalue weighted by Gasteiger charge is 2.56. The van der Waals surface area contributed by atoms with Crippen LogP contribution in [0.25, 0.3) is 0 Å². The summed E-state index contributed by atoms with van der Waals surface area (Å²) in [5.41, 5.74) is 1.66. The number of aliphatic hydroxyl groups excluding tert-OH is 2. The van der Waals surface area contributed by atoms with Crippen molar-refractivity contribution in [1.82, 2.24) is 4.90 Å². The summed E-state index contributed by atoms with van der Waals surface area (Å²) in [6.07, 6.45) is 3.72. The number of cyclic esters (lactones) is 1. The van der Waals surface area contributed by atoms with Gasteiger partial charge in [-0.15, -0.1) is 0 Å². The van der Waals surface area contributed by atoms with Crippen molar-refractivity contribution in [2.75, 3.05) is 27.9 Å². The topological polar surface area (TPSA) is 178 Å². The van der Waals surface area contributed by atoms with Crippen LogP contribution in [0.1, 0.15) is 112 Å². The van der Waals surface area contributed by atoms with Crippen LogP contribution in [0.5, 0.6) is 0 Å². The van der Waals surface area contributed by atoms with E-state index in [4.69, 9.17) is 23.7 Å². The maximum absolute atomic E-state index is 14.3. The molecule has 0 aromatic rings. The standard InChI is InChI=1S/C43H69NO12/c1-10-30-18-24(2)17-25(3)19-36(53-8)39-37(54-9)21-27(5)43(51,56-39)40(48)41(49)44-16-12-11-13-31(44)42(50)55-38(28(6)33(46)23-34(30)47)26(4)20-29-14-15-32(45)35(22-29)52-7/h18,20,25,27-33,35-39,45-46,51H,10-17,19,21-23H2,1-9H3/b24-18+,26-20+/t25-,27+,28+,29-,30+,31+,32-,33+,35+,36-,37+,38+,39+,43+/m0/s1. The Balaban J connectivity index is 1.76. The molecule has 4 aliphatic rings.